The van der Waals surface area contributed by atoms with Crippen molar-refractivity contribution in [3.05, 3.63) is 0 Å². The third-order valence-corrected chi connectivity index (χ3v) is 40.6. The molecule has 0 spiro atoms. The predicted molar refractivity (Wildman–Crippen MR) is 377 cm³/mol. The summed E-state index contributed by atoms with van der Waals surface area (Å²) < 4.78 is 116. The molecule has 0 radical (unpaired) electrons. The van der Waals surface area contributed by atoms with Gasteiger partial charge in [0.25, 0.3) is 30.4 Å². The first-order valence-corrected chi connectivity index (χ1v) is 45.6. The van der Waals surface area contributed by atoms with Gasteiger partial charge in [0.2, 0.25) is 0 Å². The van der Waals surface area contributed by atoms with E-state index in [1.807, 2.05) is 30.4 Å². The highest BCUT2D eigenvalue weighted by Crippen LogP contribution is 2.68. The van der Waals surface area contributed by atoms with Crippen LogP contribution in [0.4, 0.5) is 0 Å². The largest absolute Gasteiger partial charge is 0.465 e. The van der Waals surface area contributed by atoms with Crippen molar-refractivity contribution in [3.8, 4) is 0 Å². The third-order valence-electron chi connectivity index (χ3n) is 31.5. The van der Waals surface area contributed by atoms with E-state index in [1.54, 1.807) is 0 Å². The molecular weight excluding hydrogens is 1440 g/mol. The van der Waals surface area contributed by atoms with E-state index in [1.165, 1.54) is 33.1 Å². The molecule has 12 aliphatic heterocycles. The number of hydrogen-bond acceptors (Lipinski definition) is 25. The van der Waals surface area contributed by atoms with Crippen LogP contribution in [0.15, 0.2) is 0 Å². The van der Waals surface area contributed by atoms with Gasteiger partial charge in [-0.25, -0.2) is 0 Å². The van der Waals surface area contributed by atoms with E-state index in [4.69, 9.17) is 41.0 Å². The first-order chi connectivity index (χ1) is 48.4. The summed E-state index contributed by atoms with van der Waals surface area (Å²) in [7, 11) is -9.64. The molecule has 3 N–H and O–H groups in total. The minimum Gasteiger partial charge on any atom is -0.465 e. The Kier molecular flexibility index (Phi) is 17.6. The standard InChI is InChI=1S/C15H22O4.C11H18O3.2C10H14O2.C8H12O3S.C8H10O2S.C7H10O4S.C7H10O3S2/c1-10(16)18-14-5-12-4-13(3,7-14)8-15(6-12,9-14)19-11(2)17;1-8-2-9(12)5-10(13,3-8)7-11(14,4-8)6-9;1-5-6-3-7-8(5)12-9(11)10(7,2)4-6;1-5-6-2-7-8(3-6)10(11)12-4-9(5)7;1-4-5-2-6-7(3-5)12(9,10)11-8(4)6;1-3-5-2-4-7(11-5)6(3)10-8(4)9;1-3-4-2-5-7(10-4)6(3)11-12(5,8)9;1-3-4-2-5-7(11-4)6(3)10-12(5,8)9/h12H,4-9H2,1-3H3;12-14H,2-7H2,1H3;5-8H,3-4H2,1-2H3;5-9H,2-4H2,1H3;4-8H,2-3H2,1H3;3-7H,2H2,1H3;2*3-7H,2H2,1H3. The van der Waals surface area contributed by atoms with Crippen molar-refractivity contribution in [2.24, 2.45) is 111 Å². The lowest BCUT2D eigenvalue weighted by molar-refractivity contribution is -0.276. The first kappa shape index (κ1) is 74.4. The number of rotatable bonds is 2. The molecule has 26 aliphatic rings. The smallest absolute Gasteiger partial charge is 0.312 e. The zero-order valence-corrected chi connectivity index (χ0v) is 66.0. The molecule has 20 bridgehead atoms. The maximum atomic E-state index is 11.5. The molecule has 26 fully saturated rings. The fourth-order valence-corrected chi connectivity index (χ4v) is 38.4. The summed E-state index contributed by atoms with van der Waals surface area (Å²) in [4.78, 5) is 56.9. The molecule has 12 heterocycles. The molecule has 14 aliphatic carbocycles. The van der Waals surface area contributed by atoms with Crippen molar-refractivity contribution in [2.45, 2.75) is 318 Å². The van der Waals surface area contributed by atoms with Gasteiger partial charge >= 0.3 is 29.8 Å². The minimum atomic E-state index is -3.29. The van der Waals surface area contributed by atoms with E-state index < -0.39 is 58.4 Å². The zero-order chi connectivity index (χ0) is 74.0. The van der Waals surface area contributed by atoms with Crippen molar-refractivity contribution in [1.82, 2.24) is 0 Å². The Bertz CT molecular complexity index is 3620. The lowest BCUT2D eigenvalue weighted by Gasteiger charge is -2.65. The van der Waals surface area contributed by atoms with Crippen LogP contribution in [0.2, 0.25) is 0 Å². The summed E-state index contributed by atoms with van der Waals surface area (Å²) in [5, 5.41) is 32.1. The second-order valence-corrected chi connectivity index (χ2v) is 47.5. The maximum Gasteiger partial charge on any atom is 0.312 e. The summed E-state index contributed by atoms with van der Waals surface area (Å²) in [5.74, 6) is 8.47. The minimum absolute atomic E-state index is 0.0104. The van der Waals surface area contributed by atoms with E-state index in [2.05, 4.69) is 55.4 Å². The quantitative estimate of drug-likeness (QED) is 0.132. The number of cyclic esters (lactones) is 1. The van der Waals surface area contributed by atoms with Crippen LogP contribution in [-0.4, -0.2) is 185 Å². The molecule has 0 aromatic heterocycles. The molecule has 14 saturated carbocycles. The number of thioether (sulfide) groups is 2. The highest BCUT2D eigenvalue weighted by Gasteiger charge is 2.71. The number of aliphatic hydroxyl groups is 3. The van der Waals surface area contributed by atoms with Crippen LogP contribution in [0.1, 0.15) is 211 Å². The second-order valence-electron chi connectivity index (χ2n) is 39.3. The summed E-state index contributed by atoms with van der Waals surface area (Å²) in [5.41, 5.74) is -3.24. The molecule has 26 rings (SSSR count). The molecule has 582 valence electrons. The van der Waals surface area contributed by atoms with E-state index in [-0.39, 0.29) is 128 Å². The number of fused-ring (bicyclic) bond motifs is 6. The molecule has 0 aromatic rings. The Balaban J connectivity index is 0.0000000884. The number of carbonyl (C=O) groups is 5. The second kappa shape index (κ2) is 24.6. The van der Waals surface area contributed by atoms with Gasteiger partial charge in [-0.1, -0.05) is 55.4 Å². The number of carbonyl (C=O) groups excluding carboxylic acids is 5. The van der Waals surface area contributed by atoms with Crippen LogP contribution in [0, 0.1) is 111 Å². The Morgan fingerprint density at radius 2 is 1.02 bits per heavy atom. The van der Waals surface area contributed by atoms with Crippen LogP contribution in [0.5, 0.6) is 0 Å². The topological polar surface area (TPSA) is 332 Å². The summed E-state index contributed by atoms with van der Waals surface area (Å²) in [6.07, 6.45) is 18.6. The normalized spacial score (nSPS) is 57.8. The van der Waals surface area contributed by atoms with Gasteiger partial charge in [0.05, 0.1) is 74.7 Å². The van der Waals surface area contributed by atoms with Crippen molar-refractivity contribution in [1.29, 1.82) is 0 Å². The highest BCUT2D eigenvalue weighted by molar-refractivity contribution is 8.03. The first-order valence-electron chi connectivity index (χ1n) is 39.3. The van der Waals surface area contributed by atoms with Gasteiger partial charge < -0.3 is 43.7 Å². The van der Waals surface area contributed by atoms with E-state index in [0.717, 1.165) is 101 Å². The Hall–Kier alpha value is -2.38. The number of ether oxygens (including phenoxy) is 6. The van der Waals surface area contributed by atoms with Gasteiger partial charge in [0.1, 0.15) is 46.1 Å². The van der Waals surface area contributed by atoms with Crippen LogP contribution in [0.25, 0.3) is 0 Å². The predicted octanol–water partition coefficient (Wildman–Crippen LogP) is 8.52. The van der Waals surface area contributed by atoms with Gasteiger partial charge in [-0.05, 0) is 186 Å². The summed E-state index contributed by atoms with van der Waals surface area (Å²) in [6.45, 7) is 23.0. The average Bonchev–Trinajstić information content (AvgIpc) is 1.39. The third kappa shape index (κ3) is 12.0. The van der Waals surface area contributed by atoms with Gasteiger partial charge in [-0.2, -0.15) is 37.0 Å². The Morgan fingerprint density at radius 3 is 1.54 bits per heavy atom. The van der Waals surface area contributed by atoms with Crippen molar-refractivity contribution < 1.29 is 106 Å². The van der Waals surface area contributed by atoms with E-state index in [0.29, 0.717) is 114 Å². The molecule has 12 saturated heterocycles. The van der Waals surface area contributed by atoms with E-state index in [9.17, 15) is 64.5 Å². The monoisotopic (exact) mass is 1550 g/mol. The molecule has 104 heavy (non-hydrogen) atoms. The lowest BCUT2D eigenvalue weighted by atomic mass is 9.45. The van der Waals surface area contributed by atoms with Gasteiger partial charge in [0.15, 0.2) is 0 Å². The van der Waals surface area contributed by atoms with Crippen LogP contribution in [0.3, 0.4) is 0 Å². The lowest BCUT2D eigenvalue weighted by Crippen LogP contribution is -2.68. The molecule has 0 aromatic carbocycles. The molecule has 23 nitrogen and oxygen atoms in total. The number of hydrogen-bond donors (Lipinski definition) is 3. The molecular formula is C76H110O23S5. The van der Waals surface area contributed by atoms with Crippen LogP contribution >= 0.6 is 23.5 Å². The van der Waals surface area contributed by atoms with Crippen LogP contribution < -0.4 is 0 Å². The van der Waals surface area contributed by atoms with Crippen LogP contribution in [-0.2, 0) is 95.3 Å². The zero-order valence-electron chi connectivity index (χ0n) is 61.9. The molecule has 28 heteroatoms. The molecule has 32 unspecified atom stereocenters. The fraction of sp³-hybridized carbons (Fsp3) is 0.934. The van der Waals surface area contributed by atoms with Crippen molar-refractivity contribution >= 4 is 83.7 Å². The Labute approximate surface area is 621 Å². The SMILES string of the molecule is CC(=O)OC12CC3CC(C)(C1)CC(OC(C)=O)(C3)C2.CC12CC3(O)CC(O)(C1)CC(O)(C2)C3.CC1C2CC3C(=O)OC1C3S2.CC1C2CC3C(=O)OCC1C3C2.CC1C2CC3C(O2)C1OS3(=O)=O.CC1C2CC3C(S2)C1OS3(=O)=O.CC1C2CC3C1OC(=O)C3(C)C2.CC1C2CC3C1OS(=O)(=O)C3C2. The highest BCUT2D eigenvalue weighted by atomic mass is 32.2. The summed E-state index contributed by atoms with van der Waals surface area (Å²) in [6, 6.07) is 0. The van der Waals surface area contributed by atoms with E-state index >= 15 is 0 Å². The van der Waals surface area contributed by atoms with Crippen molar-refractivity contribution in [3.63, 3.8) is 0 Å². The maximum absolute atomic E-state index is 11.5. The molecule has 0 amide bonds. The summed E-state index contributed by atoms with van der Waals surface area (Å²) >= 11 is 3.79. The molecule has 32 atom stereocenters. The Morgan fingerprint density at radius 1 is 0.462 bits per heavy atom. The fourth-order valence-electron chi connectivity index (χ4n) is 28.4. The van der Waals surface area contributed by atoms with Gasteiger partial charge in [-0.3, -0.25) is 36.5 Å². The van der Waals surface area contributed by atoms with Gasteiger partial charge in [0, 0.05) is 73.7 Å². The van der Waals surface area contributed by atoms with Crippen molar-refractivity contribution in [2.75, 3.05) is 6.61 Å². The number of esters is 5. The average molecular weight is 1550 g/mol. The van der Waals surface area contributed by atoms with Gasteiger partial charge in [-0.15, -0.1) is 11.8 Å².